The summed E-state index contributed by atoms with van der Waals surface area (Å²) in [6, 6.07) is 1.64. The van der Waals surface area contributed by atoms with Crippen molar-refractivity contribution in [3.8, 4) is 0 Å². The second kappa shape index (κ2) is 5.53. The van der Waals surface area contributed by atoms with Crippen LogP contribution in [0.2, 0.25) is 0 Å². The minimum absolute atomic E-state index is 0.0948. The lowest BCUT2D eigenvalue weighted by Crippen LogP contribution is -2.26. The summed E-state index contributed by atoms with van der Waals surface area (Å²) >= 11 is 0. The van der Waals surface area contributed by atoms with Gasteiger partial charge in [0.25, 0.3) is 11.5 Å². The predicted molar refractivity (Wildman–Crippen MR) is 73.5 cm³/mol. The van der Waals surface area contributed by atoms with Crippen molar-refractivity contribution in [2.75, 3.05) is 5.32 Å². The number of carbonyl (C=O) groups is 2. The highest BCUT2D eigenvalue weighted by Crippen LogP contribution is 2.11. The van der Waals surface area contributed by atoms with Crippen molar-refractivity contribution in [3.63, 3.8) is 0 Å². The van der Waals surface area contributed by atoms with Crippen LogP contribution in [-0.2, 0) is 0 Å². The van der Waals surface area contributed by atoms with E-state index < -0.39 is 23.1 Å². The van der Waals surface area contributed by atoms with E-state index in [0.29, 0.717) is 11.3 Å². The van der Waals surface area contributed by atoms with Crippen LogP contribution in [0.5, 0.6) is 0 Å². The summed E-state index contributed by atoms with van der Waals surface area (Å²) in [5.41, 5.74) is 0.0645. The molecule has 0 fully saturated rings. The van der Waals surface area contributed by atoms with Gasteiger partial charge in [0, 0.05) is 18.1 Å². The first kappa shape index (κ1) is 14.4. The molecule has 0 atom stereocenters. The van der Waals surface area contributed by atoms with Gasteiger partial charge in [0.15, 0.2) is 11.5 Å². The molecule has 108 valence electrons. The van der Waals surface area contributed by atoms with Gasteiger partial charge in [-0.05, 0) is 25.5 Å². The van der Waals surface area contributed by atoms with Crippen LogP contribution in [-0.4, -0.2) is 31.9 Å². The van der Waals surface area contributed by atoms with E-state index in [-0.39, 0.29) is 11.4 Å². The Morgan fingerprint density at radius 1 is 1.24 bits per heavy atom. The predicted octanol–water partition coefficient (Wildman–Crippen LogP) is 0.732. The number of carbonyl (C=O) groups excluding carboxylic acids is 1. The average Bonchev–Trinajstić information content (AvgIpc) is 2.37. The summed E-state index contributed by atoms with van der Waals surface area (Å²) < 4.78 is 0. The number of nitrogens with zero attached hydrogens (tertiary/aromatic N) is 2. The van der Waals surface area contributed by atoms with Gasteiger partial charge in [0.2, 0.25) is 0 Å². The topological polar surface area (TPSA) is 125 Å². The number of hydrogen-bond acceptors (Lipinski definition) is 5. The van der Waals surface area contributed by atoms with E-state index in [1.54, 1.807) is 19.9 Å². The van der Waals surface area contributed by atoms with Crippen LogP contribution in [0.1, 0.15) is 32.1 Å². The molecule has 0 unspecified atom stereocenters. The number of nitrogens with one attached hydrogen (secondary N) is 2. The molecule has 0 aliphatic rings. The summed E-state index contributed by atoms with van der Waals surface area (Å²) in [6.07, 6.45) is 2.44. The molecule has 21 heavy (non-hydrogen) atoms. The normalized spacial score (nSPS) is 10.2. The SMILES string of the molecule is Cc1cc(C)c(C(=O)Nc2nccnc2C(=O)O)c(=O)[nH]1. The largest absolute Gasteiger partial charge is 0.476 e. The maximum atomic E-state index is 12.2. The molecule has 2 aromatic heterocycles. The summed E-state index contributed by atoms with van der Waals surface area (Å²) in [7, 11) is 0. The first-order valence-electron chi connectivity index (χ1n) is 5.96. The van der Waals surface area contributed by atoms with E-state index in [1.165, 1.54) is 12.4 Å². The van der Waals surface area contributed by atoms with Crippen molar-refractivity contribution >= 4 is 17.7 Å². The monoisotopic (exact) mass is 288 g/mol. The van der Waals surface area contributed by atoms with Gasteiger partial charge in [-0.2, -0.15) is 0 Å². The van der Waals surface area contributed by atoms with Gasteiger partial charge in [-0.25, -0.2) is 14.8 Å². The van der Waals surface area contributed by atoms with Crippen molar-refractivity contribution in [3.05, 3.63) is 51.3 Å². The Bertz CT molecular complexity index is 782. The van der Waals surface area contributed by atoms with E-state index in [1.807, 2.05) is 0 Å². The fourth-order valence-corrected chi connectivity index (χ4v) is 1.89. The second-order valence-corrected chi connectivity index (χ2v) is 4.35. The number of H-pyrrole nitrogens is 1. The molecule has 0 bridgehead atoms. The number of amides is 1. The van der Waals surface area contributed by atoms with Crippen molar-refractivity contribution in [2.45, 2.75) is 13.8 Å². The number of aryl methyl sites for hydroxylation is 2. The van der Waals surface area contributed by atoms with Crippen LogP contribution in [0.15, 0.2) is 23.3 Å². The zero-order valence-corrected chi connectivity index (χ0v) is 11.3. The molecule has 2 heterocycles. The number of anilines is 1. The van der Waals surface area contributed by atoms with Gasteiger partial charge in [0.1, 0.15) is 5.56 Å². The third-order valence-corrected chi connectivity index (χ3v) is 2.72. The Morgan fingerprint density at radius 2 is 1.90 bits per heavy atom. The first-order valence-corrected chi connectivity index (χ1v) is 5.96. The van der Waals surface area contributed by atoms with Crippen molar-refractivity contribution in [1.82, 2.24) is 15.0 Å². The highest BCUT2D eigenvalue weighted by molar-refractivity contribution is 6.06. The fraction of sp³-hybridized carbons (Fsp3) is 0.154. The Balaban J connectivity index is 2.40. The molecule has 0 saturated carbocycles. The molecule has 0 aliphatic heterocycles. The van der Waals surface area contributed by atoms with E-state index >= 15 is 0 Å². The molecule has 3 N–H and O–H groups in total. The molecule has 8 heteroatoms. The molecular weight excluding hydrogens is 276 g/mol. The Morgan fingerprint density at radius 3 is 2.52 bits per heavy atom. The van der Waals surface area contributed by atoms with Crippen LogP contribution in [0.4, 0.5) is 5.82 Å². The summed E-state index contributed by atoms with van der Waals surface area (Å²) in [6.45, 7) is 3.31. The molecule has 0 aliphatic carbocycles. The highest BCUT2D eigenvalue weighted by Gasteiger charge is 2.19. The van der Waals surface area contributed by atoms with Crippen LogP contribution in [0.3, 0.4) is 0 Å². The number of rotatable bonds is 3. The zero-order chi connectivity index (χ0) is 15.6. The Kier molecular flexibility index (Phi) is 3.79. The summed E-state index contributed by atoms with van der Waals surface area (Å²) in [5, 5.41) is 11.3. The zero-order valence-electron chi connectivity index (χ0n) is 11.3. The average molecular weight is 288 g/mol. The standard InChI is InChI=1S/C13H12N4O4/c1-6-5-7(2)16-11(18)8(6)12(19)17-10-9(13(20)21)14-3-4-15-10/h3-5H,1-2H3,(H,16,18)(H,20,21)(H,15,17,19). The highest BCUT2D eigenvalue weighted by atomic mass is 16.4. The van der Waals surface area contributed by atoms with Crippen LogP contribution in [0, 0.1) is 13.8 Å². The van der Waals surface area contributed by atoms with E-state index in [4.69, 9.17) is 5.11 Å². The molecular formula is C13H12N4O4. The fourth-order valence-electron chi connectivity index (χ4n) is 1.89. The molecule has 2 aromatic rings. The van der Waals surface area contributed by atoms with Gasteiger partial charge in [-0.3, -0.25) is 9.59 Å². The second-order valence-electron chi connectivity index (χ2n) is 4.35. The molecule has 0 saturated heterocycles. The maximum absolute atomic E-state index is 12.2. The third-order valence-electron chi connectivity index (χ3n) is 2.72. The van der Waals surface area contributed by atoms with Gasteiger partial charge < -0.3 is 15.4 Å². The van der Waals surface area contributed by atoms with E-state index in [0.717, 1.165) is 0 Å². The Hall–Kier alpha value is -3.03. The van der Waals surface area contributed by atoms with Crippen molar-refractivity contribution < 1.29 is 14.7 Å². The summed E-state index contributed by atoms with van der Waals surface area (Å²) in [4.78, 5) is 44.9. The smallest absolute Gasteiger partial charge is 0.358 e. The number of aromatic carboxylic acids is 1. The van der Waals surface area contributed by atoms with Crippen molar-refractivity contribution in [1.29, 1.82) is 0 Å². The lowest BCUT2D eigenvalue weighted by molar-refractivity contribution is 0.0691. The molecule has 0 spiro atoms. The third kappa shape index (κ3) is 2.94. The van der Waals surface area contributed by atoms with Crippen LogP contribution >= 0.6 is 0 Å². The number of aromatic nitrogens is 3. The molecule has 0 aromatic carbocycles. The van der Waals surface area contributed by atoms with Gasteiger partial charge >= 0.3 is 5.97 Å². The lowest BCUT2D eigenvalue weighted by Gasteiger charge is -2.08. The molecule has 2 rings (SSSR count). The first-order chi connectivity index (χ1) is 9.90. The number of carboxylic acid groups (broad SMARTS) is 1. The number of carboxylic acids is 1. The minimum Gasteiger partial charge on any atom is -0.476 e. The van der Waals surface area contributed by atoms with Gasteiger partial charge in [-0.15, -0.1) is 0 Å². The molecule has 8 nitrogen and oxygen atoms in total. The van der Waals surface area contributed by atoms with Crippen LogP contribution in [0.25, 0.3) is 0 Å². The lowest BCUT2D eigenvalue weighted by atomic mass is 10.1. The van der Waals surface area contributed by atoms with Gasteiger partial charge in [0.05, 0.1) is 0 Å². The quantitative estimate of drug-likeness (QED) is 0.764. The van der Waals surface area contributed by atoms with Crippen molar-refractivity contribution in [2.24, 2.45) is 0 Å². The number of pyridine rings is 1. The number of hydrogen-bond donors (Lipinski definition) is 3. The van der Waals surface area contributed by atoms with Crippen LogP contribution < -0.4 is 10.9 Å². The summed E-state index contributed by atoms with van der Waals surface area (Å²) in [5.74, 6) is -2.28. The van der Waals surface area contributed by atoms with Gasteiger partial charge in [-0.1, -0.05) is 0 Å². The maximum Gasteiger partial charge on any atom is 0.358 e. The van der Waals surface area contributed by atoms with E-state index in [2.05, 4.69) is 20.3 Å². The Labute approximate surface area is 118 Å². The van der Waals surface area contributed by atoms with E-state index in [9.17, 15) is 14.4 Å². The number of aromatic amines is 1. The molecule has 0 radical (unpaired) electrons. The minimum atomic E-state index is -1.33. The molecule has 1 amide bonds.